The molecule has 8 heteroatoms. The predicted octanol–water partition coefficient (Wildman–Crippen LogP) is 5.35. The fourth-order valence-corrected chi connectivity index (χ4v) is 4.75. The Morgan fingerprint density at radius 2 is 1.76 bits per heavy atom. The van der Waals surface area contributed by atoms with Gasteiger partial charge in [-0.25, -0.2) is 4.98 Å². The Kier molecular flexibility index (Phi) is 9.15. The van der Waals surface area contributed by atoms with Gasteiger partial charge in [0.2, 0.25) is 0 Å². The first-order valence-corrected chi connectivity index (χ1v) is 13.2. The van der Waals surface area contributed by atoms with Crippen molar-refractivity contribution < 1.29 is 19.4 Å². The number of fused-ring (bicyclic) bond motifs is 1. The van der Waals surface area contributed by atoms with E-state index in [1.807, 2.05) is 61.5 Å². The summed E-state index contributed by atoms with van der Waals surface area (Å²) in [6.07, 6.45) is 1.41. The number of aromatic nitrogens is 2. The van der Waals surface area contributed by atoms with Crippen molar-refractivity contribution in [3.63, 3.8) is 0 Å². The lowest BCUT2D eigenvalue weighted by Gasteiger charge is -2.23. The minimum Gasteiger partial charge on any atom is -0.466 e. The largest absolute Gasteiger partial charge is 0.466 e. The number of aryl methyl sites for hydroxylation is 1. The van der Waals surface area contributed by atoms with E-state index in [9.17, 15) is 14.7 Å². The number of benzene rings is 3. The molecule has 0 aliphatic carbocycles. The molecule has 4 aromatic rings. The summed E-state index contributed by atoms with van der Waals surface area (Å²) in [4.78, 5) is 33.4. The van der Waals surface area contributed by atoms with Crippen molar-refractivity contribution in [1.82, 2.24) is 15.3 Å². The number of H-pyrrole nitrogens is 1. The second-order valence-electron chi connectivity index (χ2n) is 9.20. The number of ether oxygens (including phenoxy) is 1. The van der Waals surface area contributed by atoms with E-state index in [0.717, 1.165) is 22.5 Å². The molecule has 38 heavy (non-hydrogen) atoms. The molecule has 3 aromatic carbocycles. The van der Waals surface area contributed by atoms with Gasteiger partial charge in [-0.1, -0.05) is 73.1 Å². The Hall–Kier alpha value is -3.68. The van der Waals surface area contributed by atoms with E-state index in [2.05, 4.69) is 15.3 Å². The number of aliphatic hydroxyl groups is 1. The number of esters is 1. The Balaban J connectivity index is 1.57. The molecule has 1 aromatic heterocycles. The number of nitrogens with zero attached hydrogens (tertiary/aromatic N) is 1. The number of amides is 1. The summed E-state index contributed by atoms with van der Waals surface area (Å²) in [6.45, 7) is 3.55. The van der Waals surface area contributed by atoms with Crippen molar-refractivity contribution >= 4 is 34.5 Å². The molecule has 2 atom stereocenters. The summed E-state index contributed by atoms with van der Waals surface area (Å²) >= 11 is 6.43. The fraction of sp³-hybridized carbons (Fsp3) is 0.300. The summed E-state index contributed by atoms with van der Waals surface area (Å²) in [5.74, 6) is -0.776. The van der Waals surface area contributed by atoms with E-state index in [4.69, 9.17) is 16.3 Å². The second-order valence-corrected chi connectivity index (χ2v) is 9.60. The van der Waals surface area contributed by atoms with Crippen molar-refractivity contribution in [2.45, 2.75) is 39.2 Å². The molecule has 3 N–H and O–H groups in total. The summed E-state index contributed by atoms with van der Waals surface area (Å²) in [6, 6.07) is 21.1. The van der Waals surface area contributed by atoms with Gasteiger partial charge < -0.3 is 20.1 Å². The van der Waals surface area contributed by atoms with Crippen molar-refractivity contribution in [2.24, 2.45) is 5.92 Å². The van der Waals surface area contributed by atoms with Crippen LogP contribution in [-0.4, -0.2) is 46.2 Å². The van der Waals surface area contributed by atoms with Gasteiger partial charge in [-0.15, -0.1) is 0 Å². The van der Waals surface area contributed by atoms with Gasteiger partial charge in [0.05, 0.1) is 29.7 Å². The molecule has 0 saturated carbocycles. The number of hydrogen-bond acceptors (Lipinski definition) is 5. The van der Waals surface area contributed by atoms with Gasteiger partial charge >= 0.3 is 5.97 Å². The number of aliphatic hydroxyl groups excluding tert-OH is 1. The predicted molar refractivity (Wildman–Crippen MR) is 149 cm³/mol. The van der Waals surface area contributed by atoms with Crippen LogP contribution in [0.25, 0.3) is 22.2 Å². The molecule has 0 radical (unpaired) electrons. The molecule has 0 aliphatic heterocycles. The first-order chi connectivity index (χ1) is 18.4. The smallest absolute Gasteiger partial charge is 0.311 e. The molecule has 1 heterocycles. The minimum absolute atomic E-state index is 0.218. The molecular formula is C30H32ClN3O4. The van der Waals surface area contributed by atoms with Crippen molar-refractivity contribution in [2.75, 3.05) is 13.2 Å². The average Bonchev–Trinajstić information content (AvgIpc) is 3.37. The first-order valence-electron chi connectivity index (χ1n) is 12.8. The highest BCUT2D eigenvalue weighted by atomic mass is 35.5. The van der Waals surface area contributed by atoms with Crippen LogP contribution >= 0.6 is 11.6 Å². The molecule has 4 rings (SSSR count). The van der Waals surface area contributed by atoms with Crippen LogP contribution in [0.3, 0.4) is 0 Å². The van der Waals surface area contributed by atoms with Gasteiger partial charge in [0.15, 0.2) is 0 Å². The number of aromatic amines is 1. The van der Waals surface area contributed by atoms with E-state index in [1.54, 1.807) is 19.1 Å². The van der Waals surface area contributed by atoms with Gasteiger partial charge in [0.1, 0.15) is 11.3 Å². The summed E-state index contributed by atoms with van der Waals surface area (Å²) in [5, 5.41) is 13.3. The zero-order chi connectivity index (χ0) is 27.1. The number of carbonyl (C=O) groups excluding carboxylic acids is 2. The molecule has 0 fully saturated rings. The van der Waals surface area contributed by atoms with Crippen LogP contribution in [0.5, 0.6) is 0 Å². The van der Waals surface area contributed by atoms with Crippen LogP contribution in [0.15, 0.2) is 66.7 Å². The number of imidazole rings is 1. The van der Waals surface area contributed by atoms with E-state index in [0.29, 0.717) is 34.5 Å². The maximum absolute atomic E-state index is 13.3. The molecule has 0 aliphatic rings. The Labute approximate surface area is 227 Å². The standard InChI is InChI=1S/C30H32ClN3O4/c1-3-27-33-26-17-22(16-25(31)28(26)34-27)29(36)32-24(15-23(18-35)30(37)38-4-2)14-19-10-12-21(13-11-19)20-8-6-5-7-9-20/h5-13,16-17,23-24,35H,3-4,14-15,18H2,1-2H3,(H,32,36)(H,33,34)/t23?,24-/m0/s1. The van der Waals surface area contributed by atoms with Crippen LogP contribution in [0.2, 0.25) is 5.02 Å². The Morgan fingerprint density at radius 1 is 1.05 bits per heavy atom. The van der Waals surface area contributed by atoms with Gasteiger partial charge in [0, 0.05) is 18.0 Å². The van der Waals surface area contributed by atoms with Crippen LogP contribution in [0.1, 0.15) is 42.0 Å². The molecule has 0 bridgehead atoms. The Morgan fingerprint density at radius 3 is 2.42 bits per heavy atom. The van der Waals surface area contributed by atoms with E-state index < -0.39 is 17.9 Å². The molecule has 1 unspecified atom stereocenters. The maximum atomic E-state index is 13.3. The van der Waals surface area contributed by atoms with Crippen LogP contribution < -0.4 is 5.32 Å². The molecule has 0 spiro atoms. The highest BCUT2D eigenvalue weighted by molar-refractivity contribution is 6.35. The van der Waals surface area contributed by atoms with Crippen LogP contribution in [0, 0.1) is 5.92 Å². The summed E-state index contributed by atoms with van der Waals surface area (Å²) in [7, 11) is 0. The maximum Gasteiger partial charge on any atom is 0.311 e. The zero-order valence-electron chi connectivity index (χ0n) is 21.5. The normalized spacial score (nSPS) is 12.7. The third-order valence-corrected chi connectivity index (χ3v) is 6.76. The summed E-state index contributed by atoms with van der Waals surface area (Å²) < 4.78 is 5.14. The van der Waals surface area contributed by atoms with E-state index in [1.165, 1.54) is 0 Å². The number of hydrogen-bond donors (Lipinski definition) is 3. The number of halogens is 1. The van der Waals surface area contributed by atoms with Crippen molar-refractivity contribution in [1.29, 1.82) is 0 Å². The van der Waals surface area contributed by atoms with Gasteiger partial charge in [-0.3, -0.25) is 9.59 Å². The quantitative estimate of drug-likeness (QED) is 0.225. The molecule has 0 saturated heterocycles. The highest BCUT2D eigenvalue weighted by Gasteiger charge is 2.26. The van der Waals surface area contributed by atoms with Crippen LogP contribution in [-0.2, 0) is 22.4 Å². The highest BCUT2D eigenvalue weighted by Crippen LogP contribution is 2.25. The lowest BCUT2D eigenvalue weighted by atomic mass is 9.94. The fourth-order valence-electron chi connectivity index (χ4n) is 4.48. The van der Waals surface area contributed by atoms with E-state index in [-0.39, 0.29) is 25.5 Å². The van der Waals surface area contributed by atoms with Crippen molar-refractivity contribution in [3.05, 3.63) is 88.7 Å². The zero-order valence-corrected chi connectivity index (χ0v) is 22.3. The third kappa shape index (κ3) is 6.60. The monoisotopic (exact) mass is 533 g/mol. The van der Waals surface area contributed by atoms with Crippen molar-refractivity contribution in [3.8, 4) is 11.1 Å². The molecule has 7 nitrogen and oxygen atoms in total. The summed E-state index contributed by atoms with van der Waals surface area (Å²) in [5.41, 5.74) is 4.89. The van der Waals surface area contributed by atoms with Gasteiger partial charge in [0.25, 0.3) is 5.91 Å². The van der Waals surface area contributed by atoms with Gasteiger partial charge in [-0.05, 0) is 48.6 Å². The molecule has 198 valence electrons. The van der Waals surface area contributed by atoms with Crippen LogP contribution in [0.4, 0.5) is 0 Å². The number of carbonyl (C=O) groups is 2. The van der Waals surface area contributed by atoms with E-state index >= 15 is 0 Å². The Bertz CT molecular complexity index is 1390. The molecule has 1 amide bonds. The molecular weight excluding hydrogens is 502 g/mol. The second kappa shape index (κ2) is 12.7. The number of rotatable bonds is 11. The first kappa shape index (κ1) is 27.4. The number of nitrogens with one attached hydrogen (secondary N) is 2. The lowest BCUT2D eigenvalue weighted by molar-refractivity contribution is -0.149. The SMILES string of the molecule is CCOC(=O)C(CO)C[C@H](Cc1ccc(-c2ccccc2)cc1)NC(=O)c1cc(Cl)c2nc(CC)[nH]c2c1. The average molecular weight is 534 g/mol. The lowest BCUT2D eigenvalue weighted by Crippen LogP contribution is -2.40. The van der Waals surface area contributed by atoms with Gasteiger partial charge in [-0.2, -0.15) is 0 Å². The minimum atomic E-state index is -0.755. The topological polar surface area (TPSA) is 104 Å². The third-order valence-electron chi connectivity index (χ3n) is 6.47.